The van der Waals surface area contributed by atoms with Crippen LogP contribution in [0.3, 0.4) is 0 Å². The predicted molar refractivity (Wildman–Crippen MR) is 150 cm³/mol. The Labute approximate surface area is 239 Å². The Bertz CT molecular complexity index is 1480. The van der Waals surface area contributed by atoms with Gasteiger partial charge in [-0.25, -0.2) is 8.42 Å². The summed E-state index contributed by atoms with van der Waals surface area (Å²) in [6, 6.07) is 10.0. The molecule has 0 unspecified atom stereocenters. The Morgan fingerprint density at radius 3 is 2.32 bits per heavy atom. The highest BCUT2D eigenvalue weighted by atomic mass is 32.2. The van der Waals surface area contributed by atoms with Crippen molar-refractivity contribution in [3.8, 4) is 28.6 Å². The van der Waals surface area contributed by atoms with Gasteiger partial charge in [-0.1, -0.05) is 5.16 Å². The summed E-state index contributed by atoms with van der Waals surface area (Å²) in [5.74, 6) is 2.17. The number of carbonyl (C=O) groups excluding carboxylic acids is 1. The number of carbonyl (C=O) groups is 1. The van der Waals surface area contributed by atoms with Gasteiger partial charge >= 0.3 is 0 Å². The monoisotopic (exact) mass is 585 g/mol. The zero-order valence-corrected chi connectivity index (χ0v) is 24.3. The number of rotatable bonds is 10. The number of amides is 1. The van der Waals surface area contributed by atoms with Crippen LogP contribution in [0.2, 0.25) is 0 Å². The molecule has 0 radical (unpaired) electrons. The third kappa shape index (κ3) is 6.31. The van der Waals surface area contributed by atoms with E-state index in [1.165, 1.54) is 23.5 Å². The zero-order valence-electron chi connectivity index (χ0n) is 23.5. The number of sulfonamides is 1. The van der Waals surface area contributed by atoms with Crippen molar-refractivity contribution in [2.45, 2.75) is 37.1 Å². The van der Waals surface area contributed by atoms with E-state index in [0.29, 0.717) is 80.2 Å². The van der Waals surface area contributed by atoms with Crippen LogP contribution in [0.25, 0.3) is 11.4 Å². The van der Waals surface area contributed by atoms with E-state index < -0.39 is 10.0 Å². The summed E-state index contributed by atoms with van der Waals surface area (Å²) >= 11 is 0. The molecule has 0 aliphatic carbocycles. The number of methoxy groups -OCH3 is 3. The van der Waals surface area contributed by atoms with Crippen molar-refractivity contribution < 1.29 is 31.9 Å². The van der Waals surface area contributed by atoms with Gasteiger partial charge in [-0.15, -0.1) is 0 Å². The first-order valence-corrected chi connectivity index (χ1v) is 15.0. The molecule has 0 spiro atoms. The third-order valence-corrected chi connectivity index (χ3v) is 9.45. The topological polar surface area (TPSA) is 136 Å². The van der Waals surface area contributed by atoms with E-state index in [1.807, 2.05) is 6.07 Å². The molecule has 3 aromatic rings. The van der Waals surface area contributed by atoms with E-state index in [4.69, 9.17) is 18.7 Å². The van der Waals surface area contributed by atoms with Crippen molar-refractivity contribution in [3.63, 3.8) is 0 Å². The van der Waals surface area contributed by atoms with E-state index in [1.54, 1.807) is 32.4 Å². The van der Waals surface area contributed by atoms with Gasteiger partial charge in [0.25, 0.3) is 0 Å². The van der Waals surface area contributed by atoms with Crippen LogP contribution in [-0.2, 0) is 21.4 Å². The standard InChI is InChI=1S/C28H35N5O7S/c1-37-23-9-7-21(41(35,36)33-12-4-5-13-33)17-22(23)29-28(34)19-10-14-32(15-11-19)18-26-30-27(31-40-26)20-6-8-24(38-2)25(16-20)39-3/h6-9,16-17,19H,4-5,10-15,18H2,1-3H3,(H,29,34). The number of benzene rings is 2. The van der Waals surface area contributed by atoms with Gasteiger partial charge in [-0.2, -0.15) is 9.29 Å². The Hall–Kier alpha value is -3.68. The molecule has 0 bridgehead atoms. The number of anilines is 1. The number of likely N-dealkylation sites (tertiary alicyclic amines) is 1. The van der Waals surface area contributed by atoms with Crippen LogP contribution in [0.15, 0.2) is 45.8 Å². The highest BCUT2D eigenvalue weighted by molar-refractivity contribution is 7.89. The first-order chi connectivity index (χ1) is 19.8. The summed E-state index contributed by atoms with van der Waals surface area (Å²) in [5.41, 5.74) is 1.11. The first-order valence-electron chi connectivity index (χ1n) is 13.6. The molecule has 0 saturated carbocycles. The fourth-order valence-corrected chi connectivity index (χ4v) is 6.76. The van der Waals surface area contributed by atoms with Gasteiger partial charge in [-0.05, 0) is 75.2 Å². The lowest BCUT2D eigenvalue weighted by Crippen LogP contribution is -2.37. The van der Waals surface area contributed by atoms with E-state index in [0.717, 1.165) is 18.4 Å². The molecular weight excluding hydrogens is 550 g/mol. The number of nitrogens with zero attached hydrogens (tertiary/aromatic N) is 4. The number of piperidine rings is 1. The fourth-order valence-electron chi connectivity index (χ4n) is 5.21. The van der Waals surface area contributed by atoms with Gasteiger partial charge in [0.05, 0.1) is 38.5 Å². The second-order valence-corrected chi connectivity index (χ2v) is 12.0. The predicted octanol–water partition coefficient (Wildman–Crippen LogP) is 3.40. The van der Waals surface area contributed by atoms with E-state index in [9.17, 15) is 13.2 Å². The van der Waals surface area contributed by atoms with Crippen molar-refractivity contribution in [1.29, 1.82) is 0 Å². The molecule has 12 nitrogen and oxygen atoms in total. The lowest BCUT2D eigenvalue weighted by Gasteiger charge is -2.30. The van der Waals surface area contributed by atoms with Crippen LogP contribution in [-0.4, -0.2) is 81.2 Å². The molecule has 1 N–H and O–H groups in total. The maximum Gasteiger partial charge on any atom is 0.243 e. The normalized spacial score (nSPS) is 17.0. The molecule has 2 aliphatic heterocycles. The molecule has 2 saturated heterocycles. The maximum absolute atomic E-state index is 13.2. The summed E-state index contributed by atoms with van der Waals surface area (Å²) in [4.78, 5) is 20.0. The quantitative estimate of drug-likeness (QED) is 0.377. The number of ether oxygens (including phenoxy) is 3. The minimum absolute atomic E-state index is 0.150. The maximum atomic E-state index is 13.2. The average molecular weight is 586 g/mol. The largest absolute Gasteiger partial charge is 0.495 e. The molecule has 2 fully saturated rings. The van der Waals surface area contributed by atoms with Crippen molar-refractivity contribution in [2.75, 3.05) is 52.8 Å². The number of hydrogen-bond acceptors (Lipinski definition) is 10. The van der Waals surface area contributed by atoms with Crippen LogP contribution in [0.5, 0.6) is 17.2 Å². The van der Waals surface area contributed by atoms with Crippen molar-refractivity contribution in [3.05, 3.63) is 42.3 Å². The molecule has 3 heterocycles. The Kier molecular flexibility index (Phi) is 8.76. The fraction of sp³-hybridized carbons (Fsp3) is 0.464. The molecule has 1 amide bonds. The van der Waals surface area contributed by atoms with E-state index >= 15 is 0 Å². The zero-order chi connectivity index (χ0) is 29.0. The van der Waals surface area contributed by atoms with Crippen LogP contribution >= 0.6 is 0 Å². The Morgan fingerprint density at radius 2 is 1.63 bits per heavy atom. The molecule has 1 aromatic heterocycles. The summed E-state index contributed by atoms with van der Waals surface area (Å²) in [7, 11) is 1.02. The van der Waals surface area contributed by atoms with Gasteiger partial charge in [0.15, 0.2) is 11.5 Å². The smallest absolute Gasteiger partial charge is 0.243 e. The highest BCUT2D eigenvalue weighted by Gasteiger charge is 2.30. The first kappa shape index (κ1) is 28.8. The van der Waals surface area contributed by atoms with Gasteiger partial charge in [0.1, 0.15) is 5.75 Å². The van der Waals surface area contributed by atoms with Crippen molar-refractivity contribution in [2.24, 2.45) is 5.92 Å². The van der Waals surface area contributed by atoms with Gasteiger partial charge in [-0.3, -0.25) is 9.69 Å². The second-order valence-electron chi connectivity index (χ2n) is 10.1. The van der Waals surface area contributed by atoms with Gasteiger partial charge < -0.3 is 24.1 Å². The summed E-state index contributed by atoms with van der Waals surface area (Å²) in [6.07, 6.45) is 2.97. The van der Waals surface area contributed by atoms with Crippen molar-refractivity contribution in [1.82, 2.24) is 19.3 Å². The van der Waals surface area contributed by atoms with Crippen LogP contribution < -0.4 is 19.5 Å². The second kappa shape index (κ2) is 12.5. The third-order valence-electron chi connectivity index (χ3n) is 7.56. The summed E-state index contributed by atoms with van der Waals surface area (Å²) in [5, 5.41) is 7.02. The molecule has 2 aliphatic rings. The Balaban J connectivity index is 1.18. The SMILES string of the molecule is COc1ccc(S(=O)(=O)N2CCCC2)cc1NC(=O)C1CCN(Cc2nc(-c3ccc(OC)c(OC)c3)no2)CC1. The van der Waals surface area contributed by atoms with Crippen LogP contribution in [0.4, 0.5) is 5.69 Å². The molecule has 5 rings (SSSR count). The van der Waals surface area contributed by atoms with E-state index in [-0.39, 0.29) is 16.7 Å². The molecular formula is C28H35N5O7S. The minimum atomic E-state index is -3.62. The van der Waals surface area contributed by atoms with E-state index in [2.05, 4.69) is 20.4 Å². The van der Waals surface area contributed by atoms with Crippen LogP contribution in [0.1, 0.15) is 31.6 Å². The lowest BCUT2D eigenvalue weighted by molar-refractivity contribution is -0.121. The van der Waals surface area contributed by atoms with Crippen LogP contribution in [0, 0.1) is 5.92 Å². The average Bonchev–Trinajstić information content (AvgIpc) is 3.71. The minimum Gasteiger partial charge on any atom is -0.495 e. The lowest BCUT2D eigenvalue weighted by atomic mass is 9.96. The molecule has 41 heavy (non-hydrogen) atoms. The molecule has 0 atom stereocenters. The molecule has 220 valence electrons. The number of nitrogens with one attached hydrogen (secondary N) is 1. The Morgan fingerprint density at radius 1 is 0.951 bits per heavy atom. The number of hydrogen-bond donors (Lipinski definition) is 1. The highest BCUT2D eigenvalue weighted by Crippen LogP contribution is 2.33. The molecule has 2 aromatic carbocycles. The molecule has 13 heteroatoms. The van der Waals surface area contributed by atoms with Gasteiger partial charge in [0, 0.05) is 24.6 Å². The number of aromatic nitrogens is 2. The summed E-state index contributed by atoms with van der Waals surface area (Å²) < 4.78 is 49.1. The summed E-state index contributed by atoms with van der Waals surface area (Å²) in [6.45, 7) is 2.84. The van der Waals surface area contributed by atoms with Gasteiger partial charge in [0.2, 0.25) is 27.6 Å². The van der Waals surface area contributed by atoms with Crippen molar-refractivity contribution >= 4 is 21.6 Å².